The van der Waals surface area contributed by atoms with E-state index in [1.54, 1.807) is 19.9 Å². The lowest BCUT2D eigenvalue weighted by molar-refractivity contribution is -0.264. The summed E-state index contributed by atoms with van der Waals surface area (Å²) in [6.07, 6.45) is 5.43. The Labute approximate surface area is 269 Å². The summed E-state index contributed by atoms with van der Waals surface area (Å²) in [5, 5.41) is 46.3. The molecule has 0 heterocycles. The zero-order valence-corrected chi connectivity index (χ0v) is 29.0. The molecule has 4 N–H and O–H groups in total. The van der Waals surface area contributed by atoms with Crippen LogP contribution in [-0.2, 0) is 19.1 Å². The Morgan fingerprint density at radius 1 is 0.956 bits per heavy atom. The molecule has 0 spiro atoms. The van der Waals surface area contributed by atoms with E-state index >= 15 is 0 Å². The first-order valence-electron chi connectivity index (χ1n) is 17.1. The minimum Gasteiger partial charge on any atom is -0.465 e. The molecule has 0 radical (unpaired) electrons. The van der Waals surface area contributed by atoms with E-state index in [2.05, 4.69) is 33.8 Å². The number of ether oxygens (including phenoxy) is 2. The third kappa shape index (κ3) is 4.66. The molecule has 5 rings (SSSR count). The molecule has 0 aliphatic heterocycles. The van der Waals surface area contributed by atoms with Crippen LogP contribution in [0.2, 0.25) is 0 Å². The fourth-order valence-corrected chi connectivity index (χ4v) is 11.7. The average molecular weight is 631 g/mol. The summed E-state index contributed by atoms with van der Waals surface area (Å²) < 4.78 is 11.7. The second kappa shape index (κ2) is 11.2. The van der Waals surface area contributed by atoms with Crippen molar-refractivity contribution in [1.82, 2.24) is 0 Å². The summed E-state index contributed by atoms with van der Waals surface area (Å²) in [5.74, 6) is -0.828. The van der Waals surface area contributed by atoms with E-state index in [4.69, 9.17) is 9.47 Å². The van der Waals surface area contributed by atoms with Gasteiger partial charge >= 0.3 is 11.9 Å². The zero-order valence-electron chi connectivity index (χ0n) is 29.0. The first kappa shape index (κ1) is 34.6. The summed E-state index contributed by atoms with van der Waals surface area (Å²) in [4.78, 5) is 25.2. The lowest BCUT2D eigenvalue weighted by atomic mass is 9.33. The molecule has 0 bridgehead atoms. The topological polar surface area (TPSA) is 134 Å². The van der Waals surface area contributed by atoms with Crippen molar-refractivity contribution in [2.45, 2.75) is 132 Å². The van der Waals surface area contributed by atoms with Crippen LogP contribution >= 0.6 is 0 Å². The van der Waals surface area contributed by atoms with Gasteiger partial charge in [-0.15, -0.1) is 0 Å². The first-order chi connectivity index (χ1) is 20.8. The number of allylic oxidation sites excluding steroid dienone is 3. The van der Waals surface area contributed by atoms with E-state index in [-0.39, 0.29) is 41.8 Å². The highest BCUT2D eigenvalue weighted by atomic mass is 16.6. The second-order valence-corrected chi connectivity index (χ2v) is 17.1. The monoisotopic (exact) mass is 630 g/mol. The number of carbonyl (C=O) groups is 2. The fourth-order valence-electron chi connectivity index (χ4n) is 11.7. The van der Waals surface area contributed by atoms with Gasteiger partial charge in [0.05, 0.1) is 24.2 Å². The molecule has 1 unspecified atom stereocenters. The van der Waals surface area contributed by atoms with Gasteiger partial charge in [-0.25, -0.2) is 4.79 Å². The van der Waals surface area contributed by atoms with Crippen molar-refractivity contribution in [2.75, 3.05) is 13.2 Å². The van der Waals surface area contributed by atoms with Crippen LogP contribution in [0.3, 0.4) is 0 Å². The largest absolute Gasteiger partial charge is 0.465 e. The molecule has 4 saturated carbocycles. The molecule has 8 heteroatoms. The van der Waals surface area contributed by atoms with Crippen LogP contribution in [-0.4, -0.2) is 70.0 Å². The number of hydrogen-bond acceptors (Lipinski definition) is 8. The maximum absolute atomic E-state index is 13.0. The summed E-state index contributed by atoms with van der Waals surface area (Å²) in [5.41, 5.74) is -1.45. The molecule has 0 amide bonds. The quantitative estimate of drug-likeness (QED) is 0.187. The Hall–Kier alpha value is -1.74. The number of aliphatic hydroxyl groups excluding tert-OH is 4. The van der Waals surface area contributed by atoms with Crippen LogP contribution in [0.5, 0.6) is 0 Å². The standard InChI is InChI=1S/C37H58O8/c1-10-21(2)31(43)45-30-29(42)37(20-44-22(3)39)24(17-32(30,4)5)23-11-12-26-33(6)15-14-27(40)34(7,19-38)25(33)13-16-35(26,8)36(23,9)18-28(37)41/h10-11,24-30,38,40-42H,12-20H2,1-9H3/b21-10+/t24-,25+,26+,27-,28+,29-,30?,33-,34+,35+,36+,37-/m0/s1. The van der Waals surface area contributed by atoms with Gasteiger partial charge in [-0.1, -0.05) is 59.3 Å². The highest BCUT2D eigenvalue weighted by Gasteiger charge is 2.73. The molecule has 5 aliphatic rings. The number of aliphatic hydroxyl groups is 4. The van der Waals surface area contributed by atoms with Crippen LogP contribution in [0.15, 0.2) is 23.3 Å². The van der Waals surface area contributed by atoms with Crippen molar-refractivity contribution in [2.24, 2.45) is 50.2 Å². The minimum atomic E-state index is -1.26. The minimum absolute atomic E-state index is 0.0397. The van der Waals surface area contributed by atoms with Gasteiger partial charge in [0.2, 0.25) is 0 Å². The average Bonchev–Trinajstić information content (AvgIpc) is 2.96. The lowest BCUT2D eigenvalue weighted by Gasteiger charge is -2.72. The lowest BCUT2D eigenvalue weighted by Crippen LogP contribution is -2.72. The highest BCUT2D eigenvalue weighted by molar-refractivity contribution is 5.87. The van der Waals surface area contributed by atoms with Gasteiger partial charge in [-0.05, 0) is 92.8 Å². The SMILES string of the molecule is C/C=C(\C)C(=O)OC1[C@H](O)[C@]2(COC(C)=O)[C@H](O)C[C@]3(C)C(=CC[C@@H]4[C@@]5(C)CC[C@H](O)[C@](C)(CO)[C@@H]5CC[C@]43C)[C@@H]2CC1(C)C. The smallest absolute Gasteiger partial charge is 0.333 e. The van der Waals surface area contributed by atoms with Gasteiger partial charge < -0.3 is 29.9 Å². The van der Waals surface area contributed by atoms with Crippen LogP contribution < -0.4 is 0 Å². The van der Waals surface area contributed by atoms with Gasteiger partial charge in [-0.3, -0.25) is 4.79 Å². The normalized spacial score (nSPS) is 49.0. The van der Waals surface area contributed by atoms with Crippen LogP contribution in [0.4, 0.5) is 0 Å². The van der Waals surface area contributed by atoms with Crippen molar-refractivity contribution in [3.05, 3.63) is 23.3 Å². The van der Waals surface area contributed by atoms with Crippen molar-refractivity contribution < 1.29 is 39.5 Å². The van der Waals surface area contributed by atoms with Crippen LogP contribution in [0.25, 0.3) is 0 Å². The second-order valence-electron chi connectivity index (χ2n) is 17.1. The summed E-state index contributed by atoms with van der Waals surface area (Å²) in [7, 11) is 0. The van der Waals surface area contributed by atoms with Crippen molar-refractivity contribution in [3.63, 3.8) is 0 Å². The number of rotatable bonds is 5. The van der Waals surface area contributed by atoms with Gasteiger partial charge in [0.1, 0.15) is 18.8 Å². The Bertz CT molecular complexity index is 1270. The van der Waals surface area contributed by atoms with Gasteiger partial charge in [0.15, 0.2) is 0 Å². The van der Waals surface area contributed by atoms with E-state index in [1.807, 2.05) is 13.8 Å². The molecule has 254 valence electrons. The molecule has 0 saturated heterocycles. The summed E-state index contributed by atoms with van der Waals surface area (Å²) in [6, 6.07) is 0. The van der Waals surface area contributed by atoms with Crippen molar-refractivity contribution in [1.29, 1.82) is 0 Å². The Morgan fingerprint density at radius 2 is 1.62 bits per heavy atom. The van der Waals surface area contributed by atoms with Crippen LogP contribution in [0, 0.1) is 50.2 Å². The van der Waals surface area contributed by atoms with E-state index in [0.29, 0.717) is 24.8 Å². The molecular weight excluding hydrogens is 572 g/mol. The zero-order chi connectivity index (χ0) is 33.5. The van der Waals surface area contributed by atoms with Gasteiger partial charge in [0.25, 0.3) is 0 Å². The molecule has 0 aromatic carbocycles. The van der Waals surface area contributed by atoms with Gasteiger partial charge in [-0.2, -0.15) is 0 Å². The summed E-state index contributed by atoms with van der Waals surface area (Å²) in [6.45, 7) is 17.7. The van der Waals surface area contributed by atoms with E-state index in [0.717, 1.165) is 25.7 Å². The molecule has 0 aromatic heterocycles. The van der Waals surface area contributed by atoms with E-state index in [1.165, 1.54) is 12.5 Å². The Morgan fingerprint density at radius 3 is 2.22 bits per heavy atom. The number of hydrogen-bond donors (Lipinski definition) is 4. The molecule has 4 fully saturated rings. The third-order valence-electron chi connectivity index (χ3n) is 14.7. The van der Waals surface area contributed by atoms with Crippen molar-refractivity contribution >= 4 is 11.9 Å². The maximum Gasteiger partial charge on any atom is 0.333 e. The van der Waals surface area contributed by atoms with E-state index in [9.17, 15) is 30.0 Å². The summed E-state index contributed by atoms with van der Waals surface area (Å²) >= 11 is 0. The molecular formula is C37H58O8. The predicted molar refractivity (Wildman–Crippen MR) is 171 cm³/mol. The maximum atomic E-state index is 13.0. The van der Waals surface area contributed by atoms with Crippen molar-refractivity contribution in [3.8, 4) is 0 Å². The van der Waals surface area contributed by atoms with Crippen LogP contribution in [0.1, 0.15) is 107 Å². The number of fused-ring (bicyclic) bond motifs is 7. The molecule has 45 heavy (non-hydrogen) atoms. The van der Waals surface area contributed by atoms with Gasteiger partial charge in [0, 0.05) is 23.3 Å². The first-order valence-corrected chi connectivity index (χ1v) is 17.1. The Balaban J connectivity index is 1.62. The Kier molecular flexibility index (Phi) is 8.58. The van der Waals surface area contributed by atoms with E-state index < -0.39 is 58.0 Å². The number of esters is 2. The molecule has 8 nitrogen and oxygen atoms in total. The third-order valence-corrected chi connectivity index (χ3v) is 14.7. The molecule has 5 aliphatic carbocycles. The highest BCUT2D eigenvalue weighted by Crippen LogP contribution is 2.75. The predicted octanol–water partition coefficient (Wildman–Crippen LogP) is 5.11. The number of carbonyl (C=O) groups excluding carboxylic acids is 2. The fraction of sp³-hybridized carbons (Fsp3) is 0.838. The molecule has 12 atom stereocenters. The molecule has 0 aromatic rings.